The van der Waals surface area contributed by atoms with Crippen molar-refractivity contribution in [2.45, 2.75) is 26.1 Å². The summed E-state index contributed by atoms with van der Waals surface area (Å²) in [4.78, 5) is 25.3. The van der Waals surface area contributed by atoms with Gasteiger partial charge in [-0.2, -0.15) is 13.2 Å². The van der Waals surface area contributed by atoms with Crippen LogP contribution in [0.3, 0.4) is 0 Å². The van der Waals surface area contributed by atoms with E-state index in [1.165, 1.54) is 22.9 Å². The highest BCUT2D eigenvalue weighted by Gasteiger charge is 2.34. The molecule has 0 spiro atoms. The third kappa shape index (κ3) is 4.32. The van der Waals surface area contributed by atoms with Crippen LogP contribution in [-0.4, -0.2) is 24.1 Å². The lowest BCUT2D eigenvalue weighted by atomic mass is 10.1. The number of fused-ring (bicyclic) bond motifs is 1. The van der Waals surface area contributed by atoms with Gasteiger partial charge in [0, 0.05) is 24.7 Å². The fourth-order valence-electron chi connectivity index (χ4n) is 3.31. The number of alkyl halides is 3. The Morgan fingerprint density at radius 2 is 1.83 bits per heavy atom. The lowest BCUT2D eigenvalue weighted by molar-refractivity contribution is -0.136. The predicted octanol–water partition coefficient (Wildman–Crippen LogP) is 4.02. The number of nitrogens with zero attached hydrogens (tertiary/aromatic N) is 1. The number of ether oxygens (including phenoxy) is 1. The van der Waals surface area contributed by atoms with Crippen LogP contribution in [0.15, 0.2) is 53.5 Å². The van der Waals surface area contributed by atoms with Crippen LogP contribution in [0.1, 0.15) is 28.4 Å². The van der Waals surface area contributed by atoms with E-state index in [-0.39, 0.29) is 29.6 Å². The van der Waals surface area contributed by atoms with Crippen molar-refractivity contribution in [1.82, 2.24) is 9.88 Å². The molecule has 0 radical (unpaired) electrons. The molecular weight excluding hydrogens is 397 g/mol. The van der Waals surface area contributed by atoms with Crippen LogP contribution in [0.5, 0.6) is 5.75 Å². The van der Waals surface area contributed by atoms with Crippen LogP contribution in [0, 0.1) is 0 Å². The molecule has 3 rings (SSSR count). The molecule has 0 atom stereocenters. The maximum atomic E-state index is 13.4. The van der Waals surface area contributed by atoms with Crippen LogP contribution in [0.4, 0.5) is 13.2 Å². The van der Waals surface area contributed by atoms with Gasteiger partial charge in [-0.1, -0.05) is 18.2 Å². The number of para-hydroxylation sites is 1. The summed E-state index contributed by atoms with van der Waals surface area (Å²) in [7, 11) is 1.57. The van der Waals surface area contributed by atoms with Gasteiger partial charge in [0.1, 0.15) is 11.3 Å². The number of pyridine rings is 1. The van der Waals surface area contributed by atoms with E-state index < -0.39 is 23.1 Å². The molecule has 1 amide bonds. The minimum Gasteiger partial charge on any atom is -0.497 e. The second-order valence-electron chi connectivity index (χ2n) is 6.71. The molecule has 8 heteroatoms. The van der Waals surface area contributed by atoms with Gasteiger partial charge in [-0.15, -0.1) is 0 Å². The van der Waals surface area contributed by atoms with Gasteiger partial charge in [0.05, 0.1) is 18.2 Å². The van der Waals surface area contributed by atoms with Crippen molar-refractivity contribution < 1.29 is 22.7 Å². The zero-order chi connectivity index (χ0) is 21.9. The third-order valence-corrected chi connectivity index (χ3v) is 4.85. The van der Waals surface area contributed by atoms with Crippen LogP contribution < -0.4 is 15.5 Å². The van der Waals surface area contributed by atoms with Crippen molar-refractivity contribution in [3.8, 4) is 5.75 Å². The topological polar surface area (TPSA) is 60.3 Å². The highest BCUT2D eigenvalue weighted by atomic mass is 19.4. The third-order valence-electron chi connectivity index (χ3n) is 4.85. The number of aromatic nitrogens is 1. The number of halogens is 3. The van der Waals surface area contributed by atoms with E-state index in [9.17, 15) is 22.8 Å². The molecule has 0 fully saturated rings. The molecule has 0 saturated carbocycles. The number of benzene rings is 2. The second kappa shape index (κ2) is 8.61. The molecular formula is C22H21F3N2O3. The van der Waals surface area contributed by atoms with E-state index in [2.05, 4.69) is 5.32 Å². The van der Waals surface area contributed by atoms with Crippen molar-refractivity contribution >= 4 is 16.8 Å². The number of hydrogen-bond donors (Lipinski definition) is 1. The van der Waals surface area contributed by atoms with E-state index in [0.29, 0.717) is 6.42 Å². The zero-order valence-electron chi connectivity index (χ0n) is 16.5. The Bertz CT molecular complexity index is 1120. The summed E-state index contributed by atoms with van der Waals surface area (Å²) >= 11 is 0. The van der Waals surface area contributed by atoms with Gasteiger partial charge >= 0.3 is 6.18 Å². The normalized spacial score (nSPS) is 11.5. The predicted molar refractivity (Wildman–Crippen MR) is 108 cm³/mol. The van der Waals surface area contributed by atoms with Gasteiger partial charge in [0.2, 0.25) is 5.43 Å². The average Bonchev–Trinajstić information content (AvgIpc) is 2.73. The Kier molecular flexibility index (Phi) is 6.14. The first-order chi connectivity index (χ1) is 14.3. The van der Waals surface area contributed by atoms with Crippen LogP contribution in [0.25, 0.3) is 10.9 Å². The first-order valence-electron chi connectivity index (χ1n) is 9.40. The monoisotopic (exact) mass is 418 g/mol. The Morgan fingerprint density at radius 1 is 1.13 bits per heavy atom. The fourth-order valence-corrected chi connectivity index (χ4v) is 3.31. The molecule has 2 aromatic carbocycles. The van der Waals surface area contributed by atoms with E-state index in [1.807, 2.05) is 12.1 Å². The lowest BCUT2D eigenvalue weighted by Crippen LogP contribution is -2.31. The first kappa shape index (κ1) is 21.4. The minimum absolute atomic E-state index is 0.130. The molecule has 1 N–H and O–H groups in total. The Balaban J connectivity index is 1.87. The minimum atomic E-state index is -4.61. The number of hydrogen-bond acceptors (Lipinski definition) is 3. The van der Waals surface area contributed by atoms with Crippen LogP contribution in [0.2, 0.25) is 0 Å². The second-order valence-corrected chi connectivity index (χ2v) is 6.71. The van der Waals surface area contributed by atoms with Gasteiger partial charge in [-0.25, -0.2) is 0 Å². The Hall–Kier alpha value is -3.29. The van der Waals surface area contributed by atoms with Crippen molar-refractivity contribution in [3.05, 3.63) is 75.6 Å². The largest absolute Gasteiger partial charge is 0.497 e. The molecule has 0 unspecified atom stereocenters. The maximum absolute atomic E-state index is 13.4. The molecule has 158 valence electrons. The molecule has 5 nitrogen and oxygen atoms in total. The number of nitrogens with one attached hydrogen (secondary N) is 1. The van der Waals surface area contributed by atoms with Gasteiger partial charge < -0.3 is 14.6 Å². The molecule has 0 aliphatic rings. The molecule has 0 saturated heterocycles. The number of aryl methyl sites for hydroxylation is 1. The van der Waals surface area contributed by atoms with Gasteiger partial charge in [0.15, 0.2) is 0 Å². The summed E-state index contributed by atoms with van der Waals surface area (Å²) in [6, 6.07) is 10.8. The lowest BCUT2D eigenvalue weighted by Gasteiger charge is -2.16. The zero-order valence-corrected chi connectivity index (χ0v) is 16.5. The number of carbonyl (C=O) groups excluding carboxylic acids is 1. The quantitative estimate of drug-likeness (QED) is 0.658. The van der Waals surface area contributed by atoms with Gasteiger partial charge in [-0.05, 0) is 43.2 Å². The number of rotatable bonds is 6. The molecule has 1 heterocycles. The summed E-state index contributed by atoms with van der Waals surface area (Å²) in [5.41, 5.74) is -1.05. The molecule has 0 bridgehead atoms. The van der Waals surface area contributed by atoms with Gasteiger partial charge in [-0.3, -0.25) is 9.59 Å². The summed E-state index contributed by atoms with van der Waals surface area (Å²) in [6.45, 7) is 2.11. The SMILES string of the molecule is CCn1cc(C(=O)NCCc2ccc(OC)cc2)c(=O)c2cccc(C(F)(F)F)c21. The van der Waals surface area contributed by atoms with E-state index >= 15 is 0 Å². The number of amides is 1. The Labute approximate surface area is 171 Å². The summed E-state index contributed by atoms with van der Waals surface area (Å²) in [6.07, 6.45) is -2.88. The van der Waals surface area contributed by atoms with Gasteiger partial charge in [0.25, 0.3) is 5.91 Å². The van der Waals surface area contributed by atoms with E-state index in [1.54, 1.807) is 26.2 Å². The fraction of sp³-hybridized carbons (Fsp3) is 0.273. The van der Waals surface area contributed by atoms with Crippen molar-refractivity contribution in [2.75, 3.05) is 13.7 Å². The summed E-state index contributed by atoms with van der Waals surface area (Å²) in [5.74, 6) is 0.104. The van der Waals surface area contributed by atoms with Crippen molar-refractivity contribution in [1.29, 1.82) is 0 Å². The highest BCUT2D eigenvalue weighted by molar-refractivity contribution is 5.97. The molecule has 3 aromatic rings. The van der Waals surface area contributed by atoms with Crippen LogP contribution >= 0.6 is 0 Å². The van der Waals surface area contributed by atoms with Crippen molar-refractivity contribution in [3.63, 3.8) is 0 Å². The van der Waals surface area contributed by atoms with E-state index in [0.717, 1.165) is 17.4 Å². The summed E-state index contributed by atoms with van der Waals surface area (Å²) < 4.78 is 46.6. The highest BCUT2D eigenvalue weighted by Crippen LogP contribution is 2.34. The van der Waals surface area contributed by atoms with Crippen LogP contribution in [-0.2, 0) is 19.1 Å². The summed E-state index contributed by atoms with van der Waals surface area (Å²) in [5, 5.41) is 2.54. The number of methoxy groups -OCH3 is 1. The molecule has 30 heavy (non-hydrogen) atoms. The first-order valence-corrected chi connectivity index (χ1v) is 9.40. The smallest absolute Gasteiger partial charge is 0.418 e. The molecule has 1 aromatic heterocycles. The maximum Gasteiger partial charge on any atom is 0.418 e. The van der Waals surface area contributed by atoms with E-state index in [4.69, 9.17) is 4.74 Å². The average molecular weight is 418 g/mol. The molecule has 0 aliphatic heterocycles. The Morgan fingerprint density at radius 3 is 2.43 bits per heavy atom. The molecule has 0 aliphatic carbocycles. The standard InChI is InChI=1S/C22H21F3N2O3/c1-3-27-13-17(20(28)16-5-4-6-18(19(16)27)22(23,24)25)21(29)26-12-11-14-7-9-15(30-2)10-8-14/h4-10,13H,3,11-12H2,1-2H3,(H,26,29). The number of carbonyl (C=O) groups is 1. The van der Waals surface area contributed by atoms with Crippen molar-refractivity contribution in [2.24, 2.45) is 0 Å².